The Balaban J connectivity index is 3.53. The second-order valence-electron chi connectivity index (χ2n) is 4.25. The van der Waals surface area contributed by atoms with Crippen LogP contribution in [0.2, 0.25) is 0 Å². The van der Waals surface area contributed by atoms with Crippen molar-refractivity contribution < 1.29 is 9.72 Å². The molecule has 0 bridgehead atoms. The van der Waals surface area contributed by atoms with E-state index in [1.54, 1.807) is 32.9 Å². The van der Waals surface area contributed by atoms with Crippen molar-refractivity contribution in [1.82, 2.24) is 0 Å². The largest absolute Gasteiger partial charge is 0.370 e. The summed E-state index contributed by atoms with van der Waals surface area (Å²) in [6.07, 6.45) is 1.76. The number of rotatable bonds is 3. The van der Waals surface area contributed by atoms with Crippen LogP contribution in [0.3, 0.4) is 0 Å². The highest BCUT2D eigenvalue weighted by Gasteiger charge is 2.20. The van der Waals surface area contributed by atoms with Gasteiger partial charge in [-0.1, -0.05) is 6.08 Å². The van der Waals surface area contributed by atoms with Crippen molar-refractivity contribution in [2.45, 2.75) is 20.8 Å². The summed E-state index contributed by atoms with van der Waals surface area (Å²) in [6, 6.07) is 2.79. The van der Waals surface area contributed by atoms with E-state index in [2.05, 4.69) is 4.99 Å². The van der Waals surface area contributed by atoms with Crippen LogP contribution in [0.4, 0.5) is 5.69 Å². The Morgan fingerprint density at radius 2 is 1.95 bits per heavy atom. The lowest BCUT2D eigenvalue weighted by atomic mass is 9.98. The molecule has 0 saturated carbocycles. The molecule has 0 radical (unpaired) electrons. The van der Waals surface area contributed by atoms with Crippen LogP contribution < -0.4 is 11.5 Å². The van der Waals surface area contributed by atoms with Gasteiger partial charge in [-0.3, -0.25) is 14.9 Å². The number of hydrogen-bond acceptors (Lipinski definition) is 3. The molecule has 0 aromatic heterocycles. The van der Waals surface area contributed by atoms with Crippen LogP contribution in [0, 0.1) is 17.0 Å². The van der Waals surface area contributed by atoms with E-state index in [0.29, 0.717) is 11.1 Å². The van der Waals surface area contributed by atoms with Gasteiger partial charge in [0.2, 0.25) is 0 Å². The molecule has 7 nitrogen and oxygen atoms in total. The van der Waals surface area contributed by atoms with Crippen LogP contribution >= 0.6 is 0 Å². The third-order valence-electron chi connectivity index (χ3n) is 2.86. The first-order valence-electron chi connectivity index (χ1n) is 5.84. The van der Waals surface area contributed by atoms with E-state index in [-0.39, 0.29) is 17.2 Å². The number of allylic oxidation sites excluding steroid dienone is 2. The van der Waals surface area contributed by atoms with Crippen LogP contribution in [0.15, 0.2) is 23.2 Å². The minimum atomic E-state index is -0.699. The Kier molecular flexibility index (Phi) is 4.58. The van der Waals surface area contributed by atoms with Crippen molar-refractivity contribution in [2.75, 3.05) is 0 Å². The summed E-state index contributed by atoms with van der Waals surface area (Å²) in [5.74, 6) is -1.08. The lowest BCUT2D eigenvalue weighted by Crippen LogP contribution is -2.24. The van der Waals surface area contributed by atoms with E-state index < -0.39 is 10.8 Å². The molecular formula is C13H16N4O3. The minimum absolute atomic E-state index is 0.109. The second-order valence-corrected chi connectivity index (χ2v) is 4.25. The van der Waals surface area contributed by atoms with Crippen LogP contribution in [-0.2, 0) is 0 Å². The molecule has 1 aromatic carbocycles. The predicted molar refractivity (Wildman–Crippen MR) is 77.3 cm³/mol. The summed E-state index contributed by atoms with van der Waals surface area (Å²) in [5.41, 5.74) is 12.0. The van der Waals surface area contributed by atoms with Gasteiger partial charge in [-0.2, -0.15) is 4.99 Å². The minimum Gasteiger partial charge on any atom is -0.370 e. The van der Waals surface area contributed by atoms with Gasteiger partial charge in [0.15, 0.2) is 5.96 Å². The van der Waals surface area contributed by atoms with E-state index in [1.165, 1.54) is 6.07 Å². The standard InChI is InChI=1S/C13H16N4O3/c1-4-7(2)9-5-8(3)10(6-11(9)17(19)20)12(18)16-13(14)15/h4-6H,1-3H3,(H4,14,15,16,18). The molecule has 7 heteroatoms. The molecule has 0 spiro atoms. The molecule has 0 aliphatic carbocycles. The number of carbonyl (C=O) groups excluding carboxylic acids is 1. The second kappa shape index (κ2) is 5.96. The van der Waals surface area contributed by atoms with Crippen LogP contribution in [0.5, 0.6) is 0 Å². The Hall–Kier alpha value is -2.70. The topological polar surface area (TPSA) is 125 Å². The average Bonchev–Trinajstić information content (AvgIpc) is 2.35. The third kappa shape index (κ3) is 3.19. The fraction of sp³-hybridized carbons (Fsp3) is 0.231. The highest BCUT2D eigenvalue weighted by atomic mass is 16.6. The maximum atomic E-state index is 11.8. The normalized spacial score (nSPS) is 11.1. The number of aliphatic imine (C=N–C) groups is 1. The Morgan fingerprint density at radius 3 is 2.40 bits per heavy atom. The highest BCUT2D eigenvalue weighted by Crippen LogP contribution is 2.29. The number of guanidine groups is 1. The fourth-order valence-corrected chi connectivity index (χ4v) is 1.73. The summed E-state index contributed by atoms with van der Waals surface area (Å²) in [4.78, 5) is 25.8. The number of amides is 1. The number of hydrogen-bond donors (Lipinski definition) is 2. The zero-order valence-corrected chi connectivity index (χ0v) is 11.5. The molecule has 0 aliphatic heterocycles. The molecule has 0 aliphatic rings. The predicted octanol–water partition coefficient (Wildman–Crippen LogP) is 1.74. The molecule has 20 heavy (non-hydrogen) atoms. The van der Waals surface area contributed by atoms with Crippen molar-refractivity contribution in [1.29, 1.82) is 0 Å². The summed E-state index contributed by atoms with van der Waals surface area (Å²) in [6.45, 7) is 5.22. The van der Waals surface area contributed by atoms with Crippen LogP contribution in [-0.4, -0.2) is 16.8 Å². The molecule has 106 valence electrons. The SMILES string of the molecule is CC=C(C)c1cc(C)c(C(=O)N=C(N)N)cc1[N+](=O)[O-]. The number of carbonyl (C=O) groups is 1. The molecule has 1 aromatic rings. The van der Waals surface area contributed by atoms with E-state index in [0.717, 1.165) is 5.57 Å². The summed E-state index contributed by atoms with van der Waals surface area (Å²) in [5, 5.41) is 11.1. The van der Waals surface area contributed by atoms with Crippen molar-refractivity contribution in [2.24, 2.45) is 16.5 Å². The zero-order valence-electron chi connectivity index (χ0n) is 11.5. The van der Waals surface area contributed by atoms with Crippen LogP contribution in [0.1, 0.15) is 35.3 Å². The average molecular weight is 276 g/mol. The van der Waals surface area contributed by atoms with Crippen molar-refractivity contribution >= 4 is 23.1 Å². The zero-order chi connectivity index (χ0) is 15.4. The van der Waals surface area contributed by atoms with Gasteiger partial charge < -0.3 is 11.5 Å². The molecule has 0 atom stereocenters. The number of nitrogens with zero attached hydrogens (tertiary/aromatic N) is 2. The van der Waals surface area contributed by atoms with Crippen molar-refractivity contribution in [3.05, 3.63) is 45.0 Å². The van der Waals surface area contributed by atoms with Gasteiger partial charge in [-0.05, 0) is 38.0 Å². The first kappa shape index (κ1) is 15.4. The Morgan fingerprint density at radius 1 is 1.35 bits per heavy atom. The van der Waals surface area contributed by atoms with Gasteiger partial charge in [0, 0.05) is 6.07 Å². The lowest BCUT2D eigenvalue weighted by Gasteiger charge is -2.08. The molecule has 0 unspecified atom stereocenters. The van der Waals surface area contributed by atoms with E-state index in [4.69, 9.17) is 11.5 Å². The quantitative estimate of drug-likeness (QED) is 0.376. The number of benzene rings is 1. The number of aryl methyl sites for hydroxylation is 1. The van der Waals surface area contributed by atoms with Gasteiger partial charge in [-0.15, -0.1) is 0 Å². The van der Waals surface area contributed by atoms with Gasteiger partial charge >= 0.3 is 0 Å². The summed E-state index contributed by atoms with van der Waals surface area (Å²) >= 11 is 0. The van der Waals surface area contributed by atoms with E-state index >= 15 is 0 Å². The first-order valence-corrected chi connectivity index (χ1v) is 5.84. The van der Waals surface area contributed by atoms with Gasteiger partial charge in [0.25, 0.3) is 11.6 Å². The maximum Gasteiger partial charge on any atom is 0.280 e. The van der Waals surface area contributed by atoms with Crippen molar-refractivity contribution in [3.63, 3.8) is 0 Å². The smallest absolute Gasteiger partial charge is 0.280 e. The summed E-state index contributed by atoms with van der Waals surface area (Å²) < 4.78 is 0. The number of nitro groups is 1. The molecule has 0 saturated heterocycles. The fourth-order valence-electron chi connectivity index (χ4n) is 1.73. The summed E-state index contributed by atoms with van der Waals surface area (Å²) in [7, 11) is 0. The number of nitrogens with two attached hydrogens (primary N) is 2. The molecule has 1 amide bonds. The van der Waals surface area contributed by atoms with Gasteiger partial charge in [0.1, 0.15) is 0 Å². The molecule has 1 rings (SSSR count). The lowest BCUT2D eigenvalue weighted by molar-refractivity contribution is -0.385. The monoisotopic (exact) mass is 276 g/mol. The van der Waals surface area contributed by atoms with Crippen molar-refractivity contribution in [3.8, 4) is 0 Å². The Labute approximate surface area is 116 Å². The molecule has 4 N–H and O–H groups in total. The molecule has 0 heterocycles. The number of nitro benzene ring substituents is 1. The van der Waals surface area contributed by atoms with E-state index in [1.807, 2.05) is 0 Å². The third-order valence-corrected chi connectivity index (χ3v) is 2.86. The first-order chi connectivity index (χ1) is 9.27. The highest BCUT2D eigenvalue weighted by molar-refractivity contribution is 6.03. The molecular weight excluding hydrogens is 260 g/mol. The molecule has 0 fully saturated rings. The van der Waals surface area contributed by atoms with Gasteiger partial charge in [-0.25, -0.2) is 0 Å². The van der Waals surface area contributed by atoms with Crippen LogP contribution in [0.25, 0.3) is 5.57 Å². The van der Waals surface area contributed by atoms with Gasteiger partial charge in [0.05, 0.1) is 16.1 Å². The van der Waals surface area contributed by atoms with E-state index in [9.17, 15) is 14.9 Å². The Bertz CT molecular complexity index is 629. The maximum absolute atomic E-state index is 11.8.